The average Bonchev–Trinajstić information content (AvgIpc) is 2.71. The lowest BCUT2D eigenvalue weighted by molar-refractivity contribution is 0.0223. The van der Waals surface area contributed by atoms with Gasteiger partial charge in [0, 0.05) is 24.2 Å². The van der Waals surface area contributed by atoms with Crippen LogP contribution in [-0.2, 0) is 17.7 Å². The summed E-state index contributed by atoms with van der Waals surface area (Å²) < 4.78 is 5.37. The Balaban J connectivity index is 0.00000115. The lowest BCUT2D eigenvalue weighted by atomic mass is 10.1. The smallest absolute Gasteiger partial charge is 0.410 e. The molecule has 20 heavy (non-hydrogen) atoms. The number of fused-ring (bicyclic) bond motifs is 1. The van der Waals surface area contributed by atoms with Crippen LogP contribution in [0.2, 0.25) is 0 Å². The van der Waals surface area contributed by atoms with E-state index < -0.39 is 5.60 Å². The number of carbonyl (C=O) groups is 1. The lowest BCUT2D eigenvalue weighted by Gasteiger charge is -2.29. The molecule has 1 aromatic rings. The Labute approximate surface area is 128 Å². The van der Waals surface area contributed by atoms with Gasteiger partial charge in [0.2, 0.25) is 0 Å². The number of carbonyl (C=O) groups excluding carboxylic acids is 1. The third-order valence-electron chi connectivity index (χ3n) is 2.78. The number of nitrogens with zero attached hydrogens (tertiary/aromatic N) is 2. The molecule has 0 spiro atoms. The number of H-pyrrole nitrogens is 1. The van der Waals surface area contributed by atoms with Gasteiger partial charge in [-0.3, -0.25) is 5.10 Å². The van der Waals surface area contributed by atoms with Gasteiger partial charge in [-0.2, -0.15) is 18.6 Å². The van der Waals surface area contributed by atoms with Crippen LogP contribution in [0.25, 0.3) is 0 Å². The van der Waals surface area contributed by atoms with Gasteiger partial charge in [0.15, 0.2) is 0 Å². The van der Waals surface area contributed by atoms with E-state index in [1.165, 1.54) is 0 Å². The quantitative estimate of drug-likeness (QED) is 0.801. The van der Waals surface area contributed by atoms with E-state index in [-0.39, 0.29) is 19.6 Å². The van der Waals surface area contributed by atoms with E-state index in [9.17, 15) is 4.79 Å². The molecule has 0 fully saturated rings. The van der Waals surface area contributed by atoms with E-state index in [1.54, 1.807) is 4.90 Å². The summed E-state index contributed by atoms with van der Waals surface area (Å²) in [5.74, 6) is 0. The first kappa shape index (κ1) is 18.8. The third-order valence-corrected chi connectivity index (χ3v) is 2.78. The normalized spacial score (nSPS) is 13.6. The lowest BCUT2D eigenvalue weighted by Crippen LogP contribution is -2.39. The Morgan fingerprint density at radius 1 is 1.35 bits per heavy atom. The number of aromatic amines is 1. The maximum absolute atomic E-state index is 11.9. The zero-order valence-electron chi connectivity index (χ0n) is 13.3. The highest BCUT2D eigenvalue weighted by molar-refractivity contribution is 7.59. The number of hydrogen-bond donors (Lipinski definition) is 1. The van der Waals surface area contributed by atoms with Crippen molar-refractivity contribution in [1.29, 1.82) is 0 Å². The van der Waals surface area contributed by atoms with Crippen LogP contribution in [-0.4, -0.2) is 33.3 Å². The Hall–Kier alpha value is -1.17. The van der Waals surface area contributed by atoms with Gasteiger partial charge in [0.1, 0.15) is 5.60 Å². The topological polar surface area (TPSA) is 58.2 Å². The van der Waals surface area contributed by atoms with Crippen LogP contribution in [0.15, 0.2) is 0 Å². The summed E-state index contributed by atoms with van der Waals surface area (Å²) in [5, 5.41) is 7.18. The highest BCUT2D eigenvalue weighted by atomic mass is 32.1. The molecule has 2 heterocycles. The first-order chi connectivity index (χ1) is 8.87. The fraction of sp³-hybridized carbons (Fsp3) is 0.714. The molecular weight excluding hydrogens is 274 g/mol. The number of nitrogens with one attached hydrogen (secondary N) is 1. The molecule has 0 saturated carbocycles. The SMILES string of the molecule is CC.Cc1[nH]nc2c1CN(C(=O)OC(C)(C)C)CC2.S. The summed E-state index contributed by atoms with van der Waals surface area (Å²) in [7, 11) is 0. The highest BCUT2D eigenvalue weighted by Crippen LogP contribution is 2.21. The van der Waals surface area contributed by atoms with Crippen molar-refractivity contribution in [3.8, 4) is 0 Å². The zero-order chi connectivity index (χ0) is 14.6. The molecule has 0 saturated heterocycles. The summed E-state index contributed by atoms with van der Waals surface area (Å²) in [6, 6.07) is 0. The second-order valence-electron chi connectivity index (χ2n) is 5.43. The van der Waals surface area contributed by atoms with Crippen molar-refractivity contribution in [1.82, 2.24) is 15.1 Å². The number of ether oxygens (including phenoxy) is 1. The van der Waals surface area contributed by atoms with Gasteiger partial charge < -0.3 is 9.64 Å². The minimum atomic E-state index is -0.442. The minimum absolute atomic E-state index is 0. The number of aromatic nitrogens is 2. The first-order valence-electron chi connectivity index (χ1n) is 6.87. The zero-order valence-corrected chi connectivity index (χ0v) is 14.3. The van der Waals surface area contributed by atoms with E-state index in [4.69, 9.17) is 4.74 Å². The van der Waals surface area contributed by atoms with Crippen LogP contribution in [0.3, 0.4) is 0 Å². The maximum Gasteiger partial charge on any atom is 0.410 e. The predicted molar refractivity (Wildman–Crippen MR) is 85.4 cm³/mol. The molecule has 116 valence electrons. The molecule has 1 N–H and O–H groups in total. The van der Waals surface area contributed by atoms with Crippen LogP contribution >= 0.6 is 13.5 Å². The van der Waals surface area contributed by atoms with Crippen molar-refractivity contribution < 1.29 is 9.53 Å². The minimum Gasteiger partial charge on any atom is -0.444 e. The molecule has 0 radical (unpaired) electrons. The number of rotatable bonds is 0. The van der Waals surface area contributed by atoms with Crippen molar-refractivity contribution in [2.75, 3.05) is 6.54 Å². The van der Waals surface area contributed by atoms with Gasteiger partial charge in [-0.15, -0.1) is 0 Å². The van der Waals surface area contributed by atoms with Crippen molar-refractivity contribution >= 4 is 19.6 Å². The van der Waals surface area contributed by atoms with Crippen LogP contribution < -0.4 is 0 Å². The number of amides is 1. The fourth-order valence-electron chi connectivity index (χ4n) is 1.91. The first-order valence-corrected chi connectivity index (χ1v) is 6.87. The van der Waals surface area contributed by atoms with Crippen molar-refractivity contribution in [2.24, 2.45) is 0 Å². The average molecular weight is 301 g/mol. The van der Waals surface area contributed by atoms with Gasteiger partial charge in [-0.05, 0) is 27.7 Å². The standard InChI is InChI=1S/C12H19N3O2.C2H6.H2S/c1-8-9-7-15(6-5-10(9)14-13-8)11(16)17-12(2,3)4;1-2;/h5-7H2,1-4H3,(H,13,14);1-2H3;1H2. The molecule has 0 aliphatic carbocycles. The second-order valence-corrected chi connectivity index (χ2v) is 5.43. The highest BCUT2D eigenvalue weighted by Gasteiger charge is 2.27. The van der Waals surface area contributed by atoms with Crippen LogP contribution in [0.5, 0.6) is 0 Å². The summed E-state index contributed by atoms with van der Waals surface area (Å²) in [6.07, 6.45) is 0.544. The largest absolute Gasteiger partial charge is 0.444 e. The molecule has 0 atom stereocenters. The molecule has 1 amide bonds. The fourth-order valence-corrected chi connectivity index (χ4v) is 1.91. The van der Waals surface area contributed by atoms with Crippen LogP contribution in [0, 0.1) is 6.92 Å². The van der Waals surface area contributed by atoms with E-state index in [1.807, 2.05) is 41.5 Å². The van der Waals surface area contributed by atoms with E-state index in [2.05, 4.69) is 10.2 Å². The maximum atomic E-state index is 11.9. The third kappa shape index (κ3) is 4.74. The Kier molecular flexibility index (Phi) is 7.13. The van der Waals surface area contributed by atoms with Gasteiger partial charge in [-0.25, -0.2) is 4.79 Å². The number of aryl methyl sites for hydroxylation is 1. The van der Waals surface area contributed by atoms with E-state index in [0.29, 0.717) is 13.1 Å². The monoisotopic (exact) mass is 301 g/mol. The Morgan fingerprint density at radius 3 is 2.50 bits per heavy atom. The predicted octanol–water partition coefficient (Wildman–Crippen LogP) is 3.15. The van der Waals surface area contributed by atoms with Crippen LogP contribution in [0.1, 0.15) is 51.6 Å². The molecular formula is C14H27N3O2S. The molecule has 0 aromatic carbocycles. The molecule has 0 unspecified atom stereocenters. The second kappa shape index (κ2) is 7.57. The summed E-state index contributed by atoms with van der Waals surface area (Å²) in [6.45, 7) is 12.9. The molecule has 1 aromatic heterocycles. The van der Waals surface area contributed by atoms with Crippen molar-refractivity contribution in [3.05, 3.63) is 17.0 Å². The molecule has 5 nitrogen and oxygen atoms in total. The van der Waals surface area contributed by atoms with Crippen molar-refractivity contribution in [2.45, 2.75) is 60.1 Å². The Bertz CT molecular complexity index is 438. The number of hydrogen-bond acceptors (Lipinski definition) is 3. The molecule has 1 aliphatic heterocycles. The van der Waals surface area contributed by atoms with E-state index >= 15 is 0 Å². The van der Waals surface area contributed by atoms with E-state index in [0.717, 1.165) is 23.4 Å². The molecule has 6 heteroatoms. The Morgan fingerprint density at radius 2 is 1.95 bits per heavy atom. The summed E-state index contributed by atoms with van der Waals surface area (Å²) in [5.41, 5.74) is 2.79. The summed E-state index contributed by atoms with van der Waals surface area (Å²) >= 11 is 0. The molecule has 2 rings (SSSR count). The van der Waals surface area contributed by atoms with Gasteiger partial charge >= 0.3 is 6.09 Å². The summed E-state index contributed by atoms with van der Waals surface area (Å²) in [4.78, 5) is 13.7. The van der Waals surface area contributed by atoms with Gasteiger partial charge in [0.05, 0.1) is 12.2 Å². The van der Waals surface area contributed by atoms with Gasteiger partial charge in [0.25, 0.3) is 0 Å². The van der Waals surface area contributed by atoms with Crippen molar-refractivity contribution in [3.63, 3.8) is 0 Å². The van der Waals surface area contributed by atoms with Crippen LogP contribution in [0.4, 0.5) is 4.79 Å². The van der Waals surface area contributed by atoms with Gasteiger partial charge in [-0.1, -0.05) is 13.8 Å². The molecule has 1 aliphatic rings. The molecule has 0 bridgehead atoms.